The third kappa shape index (κ3) is 3.12. The Morgan fingerprint density at radius 3 is 2.60 bits per heavy atom. The minimum Gasteiger partial charge on any atom is -0.457 e. The fraction of sp³-hybridized carbons (Fsp3) is 0.188. The van der Waals surface area contributed by atoms with Gasteiger partial charge in [-0.15, -0.1) is 0 Å². The predicted molar refractivity (Wildman–Crippen MR) is 72.0 cm³/mol. The van der Waals surface area contributed by atoms with E-state index in [1.165, 1.54) is 18.2 Å². The Kier molecular flexibility index (Phi) is 4.31. The van der Waals surface area contributed by atoms with E-state index in [4.69, 9.17) is 10.00 Å². The van der Waals surface area contributed by atoms with Crippen LogP contribution in [0.4, 0.5) is 8.78 Å². The number of aryl methyl sites for hydroxylation is 1. The molecule has 2 nitrogen and oxygen atoms in total. The normalized spacial score (nSPS) is 10.3. The largest absolute Gasteiger partial charge is 0.457 e. The molecule has 0 heterocycles. The molecule has 20 heavy (non-hydrogen) atoms. The summed E-state index contributed by atoms with van der Waals surface area (Å²) < 4.78 is 31.2. The van der Waals surface area contributed by atoms with Crippen molar-refractivity contribution in [1.82, 2.24) is 0 Å². The molecule has 2 aromatic rings. The third-order valence-corrected chi connectivity index (χ3v) is 2.89. The van der Waals surface area contributed by atoms with Gasteiger partial charge in [-0.05, 0) is 36.2 Å². The highest BCUT2D eigenvalue weighted by Gasteiger charge is 2.12. The maximum atomic E-state index is 12.8. The first-order valence-electron chi connectivity index (χ1n) is 6.23. The molecular formula is C16H13F2NO. The van der Waals surface area contributed by atoms with Crippen molar-refractivity contribution in [2.45, 2.75) is 19.8 Å². The molecule has 2 aromatic carbocycles. The molecule has 4 heteroatoms. The van der Waals surface area contributed by atoms with Crippen molar-refractivity contribution in [3.63, 3.8) is 0 Å². The van der Waals surface area contributed by atoms with Crippen LogP contribution in [0.15, 0.2) is 42.5 Å². The van der Waals surface area contributed by atoms with Gasteiger partial charge in [-0.3, -0.25) is 0 Å². The monoisotopic (exact) mass is 273 g/mol. The van der Waals surface area contributed by atoms with Crippen molar-refractivity contribution in [2.24, 2.45) is 0 Å². The Hall–Kier alpha value is -2.41. The zero-order chi connectivity index (χ0) is 14.5. The Balaban J connectivity index is 2.38. The maximum Gasteiger partial charge on any atom is 0.264 e. The first-order chi connectivity index (χ1) is 9.63. The molecule has 0 aliphatic rings. The van der Waals surface area contributed by atoms with Gasteiger partial charge in [-0.2, -0.15) is 5.26 Å². The van der Waals surface area contributed by atoms with Crippen LogP contribution < -0.4 is 4.74 Å². The molecule has 0 N–H and O–H groups in total. The van der Waals surface area contributed by atoms with Crippen LogP contribution in [0.1, 0.15) is 30.0 Å². The molecule has 0 aliphatic carbocycles. The Morgan fingerprint density at radius 2 is 1.95 bits per heavy atom. The van der Waals surface area contributed by atoms with E-state index in [2.05, 4.69) is 0 Å². The van der Waals surface area contributed by atoms with Gasteiger partial charge in [0.25, 0.3) is 6.43 Å². The highest BCUT2D eigenvalue weighted by atomic mass is 19.3. The summed E-state index contributed by atoms with van der Waals surface area (Å²) in [6.07, 6.45) is -1.86. The van der Waals surface area contributed by atoms with Gasteiger partial charge in [0.1, 0.15) is 11.5 Å². The zero-order valence-electron chi connectivity index (χ0n) is 10.9. The van der Waals surface area contributed by atoms with E-state index in [1.54, 1.807) is 6.07 Å². The lowest BCUT2D eigenvalue weighted by Crippen LogP contribution is -1.93. The minimum absolute atomic E-state index is 0.159. The number of hydrogen-bond donors (Lipinski definition) is 0. The molecule has 0 radical (unpaired) electrons. The van der Waals surface area contributed by atoms with Gasteiger partial charge in [-0.25, -0.2) is 8.78 Å². The summed E-state index contributed by atoms with van der Waals surface area (Å²) in [6.45, 7) is 1.98. The highest BCUT2D eigenvalue weighted by Crippen LogP contribution is 2.30. The zero-order valence-corrected chi connectivity index (χ0v) is 10.9. The van der Waals surface area contributed by atoms with Crippen molar-refractivity contribution >= 4 is 0 Å². The molecule has 0 aromatic heterocycles. The minimum atomic E-state index is -2.63. The second kappa shape index (κ2) is 6.16. The number of para-hydroxylation sites is 1. The molecule has 102 valence electrons. The van der Waals surface area contributed by atoms with Crippen molar-refractivity contribution < 1.29 is 13.5 Å². The van der Waals surface area contributed by atoms with Crippen LogP contribution in [0.3, 0.4) is 0 Å². The molecule has 0 atom stereocenters. The van der Waals surface area contributed by atoms with E-state index < -0.39 is 6.43 Å². The van der Waals surface area contributed by atoms with E-state index in [0.717, 1.165) is 12.0 Å². The van der Waals surface area contributed by atoms with E-state index >= 15 is 0 Å². The van der Waals surface area contributed by atoms with Crippen LogP contribution in [0.2, 0.25) is 0 Å². The molecule has 0 saturated heterocycles. The number of hydrogen-bond acceptors (Lipinski definition) is 2. The Bertz CT molecular complexity index is 647. The van der Waals surface area contributed by atoms with Crippen LogP contribution in [-0.4, -0.2) is 0 Å². The van der Waals surface area contributed by atoms with Crippen LogP contribution >= 0.6 is 0 Å². The van der Waals surface area contributed by atoms with E-state index in [-0.39, 0.29) is 16.9 Å². The van der Waals surface area contributed by atoms with Gasteiger partial charge in [0.2, 0.25) is 0 Å². The summed E-state index contributed by atoms with van der Waals surface area (Å²) >= 11 is 0. The number of benzene rings is 2. The summed E-state index contributed by atoms with van der Waals surface area (Å²) in [5, 5.41) is 8.88. The topological polar surface area (TPSA) is 33.0 Å². The lowest BCUT2D eigenvalue weighted by molar-refractivity contribution is 0.151. The summed E-state index contributed by atoms with van der Waals surface area (Å²) in [5.41, 5.74) is 0.924. The average Bonchev–Trinajstić information content (AvgIpc) is 2.47. The average molecular weight is 273 g/mol. The predicted octanol–water partition coefficient (Wildman–Crippen LogP) is 4.85. The van der Waals surface area contributed by atoms with Crippen molar-refractivity contribution in [3.05, 3.63) is 59.2 Å². The van der Waals surface area contributed by atoms with Crippen LogP contribution in [-0.2, 0) is 6.42 Å². The van der Waals surface area contributed by atoms with E-state index in [9.17, 15) is 8.78 Å². The molecule has 0 amide bonds. The van der Waals surface area contributed by atoms with Gasteiger partial charge < -0.3 is 4.74 Å². The van der Waals surface area contributed by atoms with Gasteiger partial charge in [0, 0.05) is 5.56 Å². The van der Waals surface area contributed by atoms with Gasteiger partial charge >= 0.3 is 0 Å². The number of halogens is 2. The molecule has 0 saturated carbocycles. The molecule has 0 aliphatic heterocycles. The molecular weight excluding hydrogens is 260 g/mol. The molecule has 0 fully saturated rings. The van der Waals surface area contributed by atoms with E-state index in [0.29, 0.717) is 5.75 Å². The smallest absolute Gasteiger partial charge is 0.264 e. The molecule has 2 rings (SSSR count). The fourth-order valence-electron chi connectivity index (χ4n) is 1.89. The first kappa shape index (κ1) is 14.0. The van der Waals surface area contributed by atoms with Crippen molar-refractivity contribution in [3.8, 4) is 17.6 Å². The summed E-state index contributed by atoms with van der Waals surface area (Å²) in [6, 6.07) is 13.2. The van der Waals surface area contributed by atoms with Gasteiger partial charge in [0.05, 0.1) is 11.6 Å². The van der Waals surface area contributed by atoms with Crippen molar-refractivity contribution in [1.29, 1.82) is 5.26 Å². The number of nitriles is 1. The SMILES string of the molecule is CCc1ccccc1Oc1cc(C#N)cc(C(F)F)c1. The number of rotatable bonds is 4. The van der Waals surface area contributed by atoms with Crippen LogP contribution in [0.5, 0.6) is 11.5 Å². The molecule has 0 unspecified atom stereocenters. The lowest BCUT2D eigenvalue weighted by atomic mass is 10.1. The lowest BCUT2D eigenvalue weighted by Gasteiger charge is -2.11. The summed E-state index contributed by atoms with van der Waals surface area (Å²) in [5.74, 6) is 0.866. The van der Waals surface area contributed by atoms with Crippen LogP contribution in [0.25, 0.3) is 0 Å². The number of nitrogens with zero attached hydrogens (tertiary/aromatic N) is 1. The Morgan fingerprint density at radius 1 is 1.20 bits per heavy atom. The second-order valence-corrected chi connectivity index (χ2v) is 4.27. The third-order valence-electron chi connectivity index (χ3n) is 2.89. The number of alkyl halides is 2. The molecule has 0 spiro atoms. The summed E-state index contributed by atoms with van der Waals surface area (Å²) in [7, 11) is 0. The highest BCUT2D eigenvalue weighted by molar-refractivity contribution is 5.44. The quantitative estimate of drug-likeness (QED) is 0.797. The summed E-state index contributed by atoms with van der Waals surface area (Å²) in [4.78, 5) is 0. The van der Waals surface area contributed by atoms with E-state index in [1.807, 2.05) is 31.2 Å². The Labute approximate surface area is 116 Å². The van der Waals surface area contributed by atoms with Crippen molar-refractivity contribution in [2.75, 3.05) is 0 Å². The first-order valence-corrected chi connectivity index (χ1v) is 6.23. The number of ether oxygens (including phenoxy) is 1. The maximum absolute atomic E-state index is 12.8. The fourth-order valence-corrected chi connectivity index (χ4v) is 1.89. The standard InChI is InChI=1S/C16H13F2NO/c1-2-12-5-3-4-6-15(12)20-14-8-11(10-19)7-13(9-14)16(17)18/h3-9,16H,2H2,1H3. The molecule has 0 bridgehead atoms. The van der Waals surface area contributed by atoms with Gasteiger partial charge in [0.15, 0.2) is 0 Å². The van der Waals surface area contributed by atoms with Gasteiger partial charge in [-0.1, -0.05) is 25.1 Å². The second-order valence-electron chi connectivity index (χ2n) is 4.27. The van der Waals surface area contributed by atoms with Crippen LogP contribution in [0, 0.1) is 11.3 Å².